The quantitative estimate of drug-likeness (QED) is 0.662. The summed E-state index contributed by atoms with van der Waals surface area (Å²) in [4.78, 5) is 26.0. The molecule has 0 atom stereocenters. The maximum Gasteiger partial charge on any atom is 0.337 e. The van der Waals surface area contributed by atoms with Crippen LogP contribution in [0.5, 0.6) is 0 Å². The highest BCUT2D eigenvalue weighted by molar-refractivity contribution is 6.08. The number of para-hydroxylation sites is 2. The Hall–Kier alpha value is -3.27. The topological polar surface area (TPSA) is 122 Å². The van der Waals surface area contributed by atoms with Gasteiger partial charge in [0.1, 0.15) is 12.0 Å². The summed E-state index contributed by atoms with van der Waals surface area (Å²) in [6, 6.07) is 7.08. The number of β-amino-alcohol motifs (C(OH)–C–C–N with tert-alkyl or cyclic N) is 1. The number of aliphatic hydroxyl groups is 1. The van der Waals surface area contributed by atoms with Crippen molar-refractivity contribution in [1.82, 2.24) is 25.1 Å². The number of carbonyl (C=O) groups excluding carboxylic acids is 2. The van der Waals surface area contributed by atoms with Gasteiger partial charge in [0.25, 0.3) is 5.91 Å². The summed E-state index contributed by atoms with van der Waals surface area (Å²) in [7, 11) is 1.25. The van der Waals surface area contributed by atoms with Crippen LogP contribution in [-0.2, 0) is 14.3 Å². The molecule has 1 aliphatic rings. The first kappa shape index (κ1) is 16.6. The number of hydrogen-bond acceptors (Lipinski definition) is 8. The molecule has 10 nitrogen and oxygen atoms in total. The van der Waals surface area contributed by atoms with Gasteiger partial charge >= 0.3 is 5.97 Å². The lowest BCUT2D eigenvalue weighted by atomic mass is 10.2. The van der Waals surface area contributed by atoms with Crippen LogP contribution < -0.4 is 5.32 Å². The zero-order valence-electron chi connectivity index (χ0n) is 13.4. The Morgan fingerprint density at radius 2 is 2.20 bits per heavy atom. The van der Waals surface area contributed by atoms with Gasteiger partial charge in [-0.05, 0) is 22.6 Å². The lowest BCUT2D eigenvalue weighted by molar-refractivity contribution is -0.136. The highest BCUT2D eigenvalue weighted by Crippen LogP contribution is 2.26. The zero-order valence-corrected chi connectivity index (χ0v) is 13.4. The zero-order chi connectivity index (χ0) is 17.8. The van der Waals surface area contributed by atoms with Crippen molar-refractivity contribution in [1.29, 1.82) is 0 Å². The van der Waals surface area contributed by atoms with Crippen LogP contribution in [0.15, 0.2) is 41.9 Å². The van der Waals surface area contributed by atoms with E-state index in [1.54, 1.807) is 24.3 Å². The first-order valence-electron chi connectivity index (χ1n) is 7.46. The molecule has 2 aromatic rings. The van der Waals surface area contributed by atoms with Gasteiger partial charge in [0.15, 0.2) is 0 Å². The Labute approximate surface area is 142 Å². The number of anilines is 1. The van der Waals surface area contributed by atoms with Gasteiger partial charge in [-0.3, -0.25) is 4.79 Å². The number of esters is 1. The van der Waals surface area contributed by atoms with Crippen molar-refractivity contribution in [3.05, 3.63) is 41.9 Å². The average Bonchev–Trinajstić information content (AvgIpc) is 3.26. The summed E-state index contributed by atoms with van der Waals surface area (Å²) in [5, 5.41) is 23.1. The van der Waals surface area contributed by atoms with Crippen LogP contribution in [0.25, 0.3) is 5.69 Å². The van der Waals surface area contributed by atoms with E-state index in [9.17, 15) is 9.59 Å². The Kier molecular flexibility index (Phi) is 4.70. The first-order valence-corrected chi connectivity index (χ1v) is 7.46. The van der Waals surface area contributed by atoms with E-state index in [4.69, 9.17) is 9.84 Å². The van der Waals surface area contributed by atoms with Gasteiger partial charge in [-0.25, -0.2) is 4.79 Å². The predicted octanol–water partition coefficient (Wildman–Crippen LogP) is -0.664. The van der Waals surface area contributed by atoms with Gasteiger partial charge < -0.3 is 20.1 Å². The molecule has 0 spiro atoms. The third kappa shape index (κ3) is 3.19. The molecule has 25 heavy (non-hydrogen) atoms. The number of hydrogen-bond donors (Lipinski definition) is 2. The van der Waals surface area contributed by atoms with E-state index in [0.29, 0.717) is 11.4 Å². The van der Waals surface area contributed by atoms with E-state index < -0.39 is 5.97 Å². The van der Waals surface area contributed by atoms with Crippen LogP contribution in [0.2, 0.25) is 0 Å². The van der Waals surface area contributed by atoms with Crippen LogP contribution in [-0.4, -0.2) is 68.9 Å². The van der Waals surface area contributed by atoms with Crippen LogP contribution in [0.1, 0.15) is 0 Å². The molecule has 2 heterocycles. The maximum atomic E-state index is 12.6. The second-order valence-corrected chi connectivity index (χ2v) is 5.19. The van der Waals surface area contributed by atoms with Crippen molar-refractivity contribution in [2.45, 2.75) is 0 Å². The fourth-order valence-corrected chi connectivity index (χ4v) is 2.53. The number of nitrogens with zero attached hydrogens (tertiary/aromatic N) is 5. The largest absolute Gasteiger partial charge is 0.466 e. The minimum Gasteiger partial charge on any atom is -0.466 e. The Balaban J connectivity index is 1.97. The normalized spacial score (nSPS) is 14.2. The van der Waals surface area contributed by atoms with Gasteiger partial charge in [0, 0.05) is 6.54 Å². The third-order valence-corrected chi connectivity index (χ3v) is 3.71. The van der Waals surface area contributed by atoms with Gasteiger partial charge in [-0.2, -0.15) is 4.68 Å². The Morgan fingerprint density at radius 1 is 1.40 bits per heavy atom. The molecule has 0 saturated carbocycles. The van der Waals surface area contributed by atoms with E-state index >= 15 is 0 Å². The number of aromatic nitrogens is 4. The van der Waals surface area contributed by atoms with Crippen LogP contribution >= 0.6 is 0 Å². The molecule has 0 bridgehead atoms. The van der Waals surface area contributed by atoms with Crippen molar-refractivity contribution in [2.24, 2.45) is 0 Å². The maximum absolute atomic E-state index is 12.6. The summed E-state index contributed by atoms with van der Waals surface area (Å²) in [6.45, 7) is -0.00468. The fraction of sp³-hybridized carbons (Fsp3) is 0.267. The van der Waals surface area contributed by atoms with Crippen LogP contribution in [0.4, 0.5) is 5.69 Å². The van der Waals surface area contributed by atoms with Crippen molar-refractivity contribution in [3.8, 4) is 5.69 Å². The fourth-order valence-electron chi connectivity index (χ4n) is 2.53. The molecular formula is C15H16N6O4. The predicted molar refractivity (Wildman–Crippen MR) is 85.5 cm³/mol. The lowest BCUT2D eigenvalue weighted by Crippen LogP contribution is -2.31. The van der Waals surface area contributed by atoms with E-state index in [0.717, 1.165) is 0 Å². The van der Waals surface area contributed by atoms with Crippen molar-refractivity contribution in [2.75, 3.05) is 32.1 Å². The summed E-state index contributed by atoms with van der Waals surface area (Å²) in [5.41, 5.74) is 1.47. The summed E-state index contributed by atoms with van der Waals surface area (Å²) < 4.78 is 6.20. The summed E-state index contributed by atoms with van der Waals surface area (Å²) >= 11 is 0. The number of methoxy groups -OCH3 is 1. The van der Waals surface area contributed by atoms with Gasteiger partial charge in [0.05, 0.1) is 37.2 Å². The molecule has 1 aliphatic heterocycles. The third-order valence-electron chi connectivity index (χ3n) is 3.71. The monoisotopic (exact) mass is 344 g/mol. The van der Waals surface area contributed by atoms with Crippen LogP contribution in [0.3, 0.4) is 0 Å². The second kappa shape index (κ2) is 7.09. The number of nitrogens with one attached hydrogen (secondary N) is 1. The molecule has 0 aliphatic carbocycles. The lowest BCUT2D eigenvalue weighted by Gasteiger charge is -2.15. The smallest absolute Gasteiger partial charge is 0.337 e. The van der Waals surface area contributed by atoms with Crippen LogP contribution in [0, 0.1) is 0 Å². The number of aliphatic hydroxyl groups excluding tert-OH is 1. The highest BCUT2D eigenvalue weighted by Gasteiger charge is 2.34. The standard InChI is InChI=1S/C15H16N6O4/c1-25-15(24)10-8-20(6-7-22)14(23)13(10)17-11-4-2-3-5-12(11)21-9-16-18-19-21/h2-5,9,17,22H,6-8H2,1H3. The summed E-state index contributed by atoms with van der Waals surface area (Å²) in [6.07, 6.45) is 1.42. The molecule has 3 rings (SSSR count). The first-order chi connectivity index (χ1) is 12.2. The molecule has 0 unspecified atom stereocenters. The average molecular weight is 344 g/mol. The minimum absolute atomic E-state index is 0.0709. The van der Waals surface area contributed by atoms with Crippen molar-refractivity contribution >= 4 is 17.6 Å². The van der Waals surface area contributed by atoms with Crippen molar-refractivity contribution in [3.63, 3.8) is 0 Å². The molecule has 1 aromatic carbocycles. The molecule has 0 fully saturated rings. The number of ether oxygens (including phenoxy) is 1. The molecule has 0 radical (unpaired) electrons. The van der Waals surface area contributed by atoms with Gasteiger partial charge in [-0.1, -0.05) is 12.1 Å². The molecule has 1 amide bonds. The molecular weight excluding hydrogens is 328 g/mol. The molecule has 1 aromatic heterocycles. The van der Waals surface area contributed by atoms with Gasteiger partial charge in [-0.15, -0.1) is 5.10 Å². The molecule has 0 saturated heterocycles. The number of carbonyl (C=O) groups is 2. The summed E-state index contributed by atoms with van der Waals surface area (Å²) in [5.74, 6) is -0.989. The van der Waals surface area contributed by atoms with E-state index in [1.807, 2.05) is 0 Å². The molecule has 10 heteroatoms. The molecule has 130 valence electrons. The second-order valence-electron chi connectivity index (χ2n) is 5.19. The Morgan fingerprint density at radius 3 is 2.88 bits per heavy atom. The van der Waals surface area contributed by atoms with Crippen molar-refractivity contribution < 1.29 is 19.4 Å². The molecule has 2 N–H and O–H groups in total. The van der Waals surface area contributed by atoms with Gasteiger partial charge in [0.2, 0.25) is 0 Å². The Bertz CT molecular complexity index is 817. The van der Waals surface area contributed by atoms with E-state index in [-0.39, 0.29) is 36.9 Å². The number of amides is 1. The highest BCUT2D eigenvalue weighted by atomic mass is 16.5. The SMILES string of the molecule is COC(=O)C1=C(Nc2ccccc2-n2cnnn2)C(=O)N(CCO)C1. The minimum atomic E-state index is -0.601. The van der Waals surface area contributed by atoms with E-state index in [2.05, 4.69) is 20.8 Å². The number of benzene rings is 1. The van der Waals surface area contributed by atoms with E-state index in [1.165, 1.54) is 23.0 Å². The number of tetrazole rings is 1. The number of rotatable bonds is 6.